The van der Waals surface area contributed by atoms with Crippen molar-refractivity contribution < 1.29 is 4.52 Å². The predicted molar refractivity (Wildman–Crippen MR) is 93.4 cm³/mol. The SMILES string of the molecule is Nc1ccnc(-c2noc(C3CCCN(Cc4ccccc4)C3)n2)n1. The molecule has 0 bridgehead atoms. The van der Waals surface area contributed by atoms with Gasteiger partial charge in [0.15, 0.2) is 0 Å². The molecule has 1 unspecified atom stereocenters. The van der Waals surface area contributed by atoms with Gasteiger partial charge in [-0.05, 0) is 31.0 Å². The van der Waals surface area contributed by atoms with E-state index in [1.807, 2.05) is 6.07 Å². The van der Waals surface area contributed by atoms with Gasteiger partial charge < -0.3 is 10.3 Å². The third kappa shape index (κ3) is 3.66. The standard InChI is InChI=1S/C18H20N6O/c19-15-8-9-20-16(21-15)17-22-18(25-23-17)14-7-4-10-24(12-14)11-13-5-2-1-3-6-13/h1-3,5-6,8-9,14H,4,7,10-12H2,(H2,19,20,21). The van der Waals surface area contributed by atoms with Crippen molar-refractivity contribution in [3.63, 3.8) is 0 Å². The van der Waals surface area contributed by atoms with Crippen LogP contribution in [0.4, 0.5) is 5.82 Å². The van der Waals surface area contributed by atoms with Crippen molar-refractivity contribution in [1.82, 2.24) is 25.0 Å². The van der Waals surface area contributed by atoms with E-state index < -0.39 is 0 Å². The summed E-state index contributed by atoms with van der Waals surface area (Å²) < 4.78 is 5.49. The normalized spacial score (nSPS) is 18.3. The summed E-state index contributed by atoms with van der Waals surface area (Å²) in [5, 5.41) is 4.03. The maximum atomic E-state index is 5.69. The number of hydrogen-bond acceptors (Lipinski definition) is 7. The molecule has 0 saturated carbocycles. The van der Waals surface area contributed by atoms with Crippen LogP contribution in [0.3, 0.4) is 0 Å². The summed E-state index contributed by atoms with van der Waals surface area (Å²) in [7, 11) is 0. The van der Waals surface area contributed by atoms with E-state index in [-0.39, 0.29) is 5.92 Å². The number of hydrogen-bond donors (Lipinski definition) is 1. The fourth-order valence-corrected chi connectivity index (χ4v) is 3.21. The molecular formula is C18H20N6O. The van der Waals surface area contributed by atoms with Crippen LogP contribution in [0, 0.1) is 0 Å². The highest BCUT2D eigenvalue weighted by molar-refractivity contribution is 5.45. The van der Waals surface area contributed by atoms with Crippen molar-refractivity contribution in [1.29, 1.82) is 0 Å². The minimum Gasteiger partial charge on any atom is -0.384 e. The van der Waals surface area contributed by atoms with Gasteiger partial charge in [0, 0.05) is 19.3 Å². The van der Waals surface area contributed by atoms with Crippen molar-refractivity contribution in [2.24, 2.45) is 0 Å². The van der Waals surface area contributed by atoms with Gasteiger partial charge in [-0.1, -0.05) is 35.5 Å². The Bertz CT molecular complexity index is 834. The maximum Gasteiger partial charge on any atom is 0.240 e. The van der Waals surface area contributed by atoms with E-state index >= 15 is 0 Å². The molecule has 7 heteroatoms. The Kier molecular flexibility index (Phi) is 4.39. The van der Waals surface area contributed by atoms with Crippen LogP contribution in [0.1, 0.15) is 30.2 Å². The van der Waals surface area contributed by atoms with Crippen molar-refractivity contribution in [3.05, 3.63) is 54.0 Å². The first-order valence-corrected chi connectivity index (χ1v) is 8.47. The molecule has 2 aromatic heterocycles. The Hall–Kier alpha value is -2.80. The summed E-state index contributed by atoms with van der Waals surface area (Å²) in [5.74, 6) is 2.07. The maximum absolute atomic E-state index is 5.69. The Morgan fingerprint density at radius 2 is 2.00 bits per heavy atom. The average Bonchev–Trinajstić information content (AvgIpc) is 3.13. The number of benzene rings is 1. The van der Waals surface area contributed by atoms with E-state index in [1.165, 1.54) is 5.56 Å². The van der Waals surface area contributed by atoms with Gasteiger partial charge in [0.25, 0.3) is 0 Å². The molecule has 0 aliphatic carbocycles. The lowest BCUT2D eigenvalue weighted by atomic mass is 9.97. The van der Waals surface area contributed by atoms with Crippen LogP contribution in [0.15, 0.2) is 47.1 Å². The van der Waals surface area contributed by atoms with E-state index in [4.69, 9.17) is 10.3 Å². The van der Waals surface area contributed by atoms with Crippen LogP contribution in [0.25, 0.3) is 11.6 Å². The van der Waals surface area contributed by atoms with E-state index in [1.54, 1.807) is 12.3 Å². The Balaban J connectivity index is 1.46. The van der Waals surface area contributed by atoms with Crippen LogP contribution >= 0.6 is 0 Å². The highest BCUT2D eigenvalue weighted by atomic mass is 16.5. The number of aromatic nitrogens is 4. The summed E-state index contributed by atoms with van der Waals surface area (Å²) in [6.45, 7) is 2.94. The van der Waals surface area contributed by atoms with Crippen LogP contribution in [-0.4, -0.2) is 38.1 Å². The number of likely N-dealkylation sites (tertiary alicyclic amines) is 1. The summed E-state index contributed by atoms with van der Waals surface area (Å²) >= 11 is 0. The lowest BCUT2D eigenvalue weighted by molar-refractivity contribution is 0.180. The van der Waals surface area contributed by atoms with Crippen molar-refractivity contribution in [2.75, 3.05) is 18.8 Å². The third-order valence-corrected chi connectivity index (χ3v) is 4.42. The summed E-state index contributed by atoms with van der Waals surface area (Å²) in [4.78, 5) is 15.2. The quantitative estimate of drug-likeness (QED) is 0.782. The molecule has 0 spiro atoms. The zero-order chi connectivity index (χ0) is 17.1. The van der Waals surface area contributed by atoms with Crippen molar-refractivity contribution in [2.45, 2.75) is 25.3 Å². The summed E-state index contributed by atoms with van der Waals surface area (Å²) in [6.07, 6.45) is 3.75. The van der Waals surface area contributed by atoms with Gasteiger partial charge in [0.05, 0.1) is 5.92 Å². The lowest BCUT2D eigenvalue weighted by Crippen LogP contribution is -2.34. The fourth-order valence-electron chi connectivity index (χ4n) is 3.21. The average molecular weight is 336 g/mol. The van der Waals surface area contributed by atoms with Crippen LogP contribution in [0.5, 0.6) is 0 Å². The van der Waals surface area contributed by atoms with Crippen LogP contribution in [-0.2, 0) is 6.54 Å². The van der Waals surface area contributed by atoms with Gasteiger partial charge in [-0.15, -0.1) is 0 Å². The van der Waals surface area contributed by atoms with Gasteiger partial charge in [0.2, 0.25) is 17.5 Å². The zero-order valence-corrected chi connectivity index (χ0v) is 13.9. The molecule has 0 radical (unpaired) electrons. The highest BCUT2D eigenvalue weighted by Gasteiger charge is 2.26. The highest BCUT2D eigenvalue weighted by Crippen LogP contribution is 2.27. The van der Waals surface area contributed by atoms with Gasteiger partial charge in [-0.3, -0.25) is 4.90 Å². The zero-order valence-electron chi connectivity index (χ0n) is 13.9. The largest absolute Gasteiger partial charge is 0.384 e. The molecule has 1 aromatic carbocycles. The number of nitrogen functional groups attached to an aromatic ring is 1. The molecule has 25 heavy (non-hydrogen) atoms. The number of piperidine rings is 1. The topological polar surface area (TPSA) is 94.0 Å². The third-order valence-electron chi connectivity index (χ3n) is 4.42. The molecule has 1 aliphatic heterocycles. The molecular weight excluding hydrogens is 316 g/mol. The number of rotatable bonds is 4. The van der Waals surface area contributed by atoms with Gasteiger partial charge in [0.1, 0.15) is 5.82 Å². The Labute approximate surface area is 145 Å². The van der Waals surface area contributed by atoms with E-state index in [0.717, 1.165) is 32.5 Å². The second-order valence-corrected chi connectivity index (χ2v) is 6.32. The molecule has 1 aliphatic rings. The number of nitrogens with zero attached hydrogens (tertiary/aromatic N) is 5. The second kappa shape index (κ2) is 6.98. The first kappa shape index (κ1) is 15.7. The lowest BCUT2D eigenvalue weighted by Gasteiger charge is -2.30. The van der Waals surface area contributed by atoms with Crippen LogP contribution < -0.4 is 5.73 Å². The van der Waals surface area contributed by atoms with E-state index in [2.05, 4.69) is 49.3 Å². The smallest absolute Gasteiger partial charge is 0.240 e. The monoisotopic (exact) mass is 336 g/mol. The van der Waals surface area contributed by atoms with E-state index in [0.29, 0.717) is 23.4 Å². The van der Waals surface area contributed by atoms with Crippen LogP contribution in [0.2, 0.25) is 0 Å². The minimum atomic E-state index is 0.236. The predicted octanol–water partition coefficient (Wildman–Crippen LogP) is 2.49. The van der Waals surface area contributed by atoms with Crippen molar-refractivity contribution in [3.8, 4) is 11.6 Å². The molecule has 3 heterocycles. The molecule has 1 fully saturated rings. The van der Waals surface area contributed by atoms with E-state index in [9.17, 15) is 0 Å². The Morgan fingerprint density at radius 1 is 1.12 bits per heavy atom. The molecule has 0 amide bonds. The summed E-state index contributed by atoms with van der Waals surface area (Å²) in [5.41, 5.74) is 7.01. The minimum absolute atomic E-state index is 0.236. The molecule has 4 rings (SSSR count). The molecule has 128 valence electrons. The fraction of sp³-hybridized carbons (Fsp3) is 0.333. The van der Waals surface area contributed by atoms with Gasteiger partial charge in [-0.2, -0.15) is 4.98 Å². The first-order valence-electron chi connectivity index (χ1n) is 8.47. The molecule has 2 N–H and O–H groups in total. The molecule has 1 atom stereocenters. The number of anilines is 1. The Morgan fingerprint density at radius 3 is 2.84 bits per heavy atom. The first-order chi connectivity index (χ1) is 12.3. The summed E-state index contributed by atoms with van der Waals surface area (Å²) in [6, 6.07) is 12.1. The number of nitrogens with two attached hydrogens (primary N) is 1. The van der Waals surface area contributed by atoms with Gasteiger partial charge >= 0.3 is 0 Å². The second-order valence-electron chi connectivity index (χ2n) is 6.32. The van der Waals surface area contributed by atoms with Crippen molar-refractivity contribution >= 4 is 5.82 Å². The molecule has 7 nitrogen and oxygen atoms in total. The van der Waals surface area contributed by atoms with Gasteiger partial charge in [-0.25, -0.2) is 9.97 Å². The molecule has 1 saturated heterocycles. The molecule has 3 aromatic rings.